The van der Waals surface area contributed by atoms with Gasteiger partial charge < -0.3 is 15.7 Å². The zero-order valence-corrected chi connectivity index (χ0v) is 9.86. The van der Waals surface area contributed by atoms with Crippen LogP contribution in [0.2, 0.25) is 0 Å². The van der Waals surface area contributed by atoms with Crippen molar-refractivity contribution < 1.29 is 13.9 Å². The van der Waals surface area contributed by atoms with Gasteiger partial charge >= 0.3 is 0 Å². The third kappa shape index (κ3) is 3.53. The van der Waals surface area contributed by atoms with Gasteiger partial charge in [0, 0.05) is 12.7 Å². The van der Waals surface area contributed by atoms with Crippen molar-refractivity contribution in [2.45, 2.75) is 6.43 Å². The number of aliphatic hydroxyl groups is 1. The minimum Gasteiger partial charge on any atom is -0.395 e. The Kier molecular flexibility index (Phi) is 4.81. The number of hydrogen-bond donors (Lipinski definition) is 2. The average molecular weight is 297 g/mol. The third-order valence-corrected chi connectivity index (χ3v) is 2.33. The number of rotatable bonds is 5. The van der Waals surface area contributed by atoms with Crippen molar-refractivity contribution in [1.29, 1.82) is 0 Å². The number of nitrogens with zero attached hydrogens (tertiary/aromatic N) is 3. The lowest BCUT2D eigenvalue weighted by Gasteiger charge is -2.23. The molecule has 0 radical (unpaired) electrons. The molecule has 16 heavy (non-hydrogen) atoms. The molecule has 0 aliphatic rings. The number of alkyl halides is 2. The van der Waals surface area contributed by atoms with Crippen LogP contribution in [0.15, 0.2) is 10.7 Å². The van der Waals surface area contributed by atoms with Crippen molar-refractivity contribution in [3.05, 3.63) is 10.7 Å². The summed E-state index contributed by atoms with van der Waals surface area (Å²) in [5, 5.41) is 8.79. The van der Waals surface area contributed by atoms with E-state index in [2.05, 4.69) is 25.9 Å². The summed E-state index contributed by atoms with van der Waals surface area (Å²) >= 11 is 3.14. The van der Waals surface area contributed by atoms with E-state index in [0.717, 1.165) is 0 Å². The fourth-order valence-electron chi connectivity index (χ4n) is 1.16. The summed E-state index contributed by atoms with van der Waals surface area (Å²) < 4.78 is 25.1. The topological polar surface area (TPSA) is 75.3 Å². The molecular formula is C8H11BrF2N4O. The van der Waals surface area contributed by atoms with E-state index in [-0.39, 0.29) is 24.9 Å². The van der Waals surface area contributed by atoms with Gasteiger partial charge in [-0.3, -0.25) is 0 Å². The first-order valence-electron chi connectivity index (χ1n) is 4.46. The molecule has 8 heteroatoms. The normalized spacial score (nSPS) is 10.8. The highest BCUT2D eigenvalue weighted by atomic mass is 79.9. The van der Waals surface area contributed by atoms with Gasteiger partial charge in [0.05, 0.1) is 17.6 Å². The van der Waals surface area contributed by atoms with Crippen molar-refractivity contribution in [2.24, 2.45) is 0 Å². The van der Waals surface area contributed by atoms with Crippen molar-refractivity contribution in [3.63, 3.8) is 0 Å². The Balaban J connectivity index is 2.94. The molecule has 0 aliphatic carbocycles. The van der Waals surface area contributed by atoms with Crippen molar-refractivity contribution in [2.75, 3.05) is 30.3 Å². The number of nitrogens with two attached hydrogens (primary N) is 1. The minimum absolute atomic E-state index is 0.00425. The first kappa shape index (κ1) is 13.0. The van der Waals surface area contributed by atoms with Gasteiger partial charge in [-0.15, -0.1) is 0 Å². The molecule has 0 spiro atoms. The van der Waals surface area contributed by atoms with Crippen molar-refractivity contribution >= 4 is 27.7 Å². The molecule has 0 aliphatic heterocycles. The predicted molar refractivity (Wildman–Crippen MR) is 59.4 cm³/mol. The summed E-state index contributed by atoms with van der Waals surface area (Å²) in [4.78, 5) is 8.79. The van der Waals surface area contributed by atoms with Crippen LogP contribution in [-0.4, -0.2) is 41.2 Å². The van der Waals surface area contributed by atoms with Gasteiger partial charge in [-0.25, -0.2) is 13.8 Å². The van der Waals surface area contributed by atoms with Crippen LogP contribution in [0.4, 0.5) is 20.5 Å². The second-order valence-corrected chi connectivity index (χ2v) is 3.81. The largest absolute Gasteiger partial charge is 0.395 e. The van der Waals surface area contributed by atoms with Crippen LogP contribution in [0, 0.1) is 0 Å². The lowest BCUT2D eigenvalue weighted by atomic mass is 10.4. The Morgan fingerprint density at radius 3 is 2.81 bits per heavy atom. The average Bonchev–Trinajstić information content (AvgIpc) is 2.20. The molecule has 0 aromatic carbocycles. The second kappa shape index (κ2) is 5.90. The number of aliphatic hydroxyl groups excluding tert-OH is 1. The molecule has 3 N–H and O–H groups in total. The zero-order valence-electron chi connectivity index (χ0n) is 8.28. The first-order chi connectivity index (χ1) is 7.54. The molecule has 1 aromatic rings. The van der Waals surface area contributed by atoms with Crippen molar-refractivity contribution in [1.82, 2.24) is 9.97 Å². The molecule has 0 saturated carbocycles. The zero-order chi connectivity index (χ0) is 12.1. The first-order valence-corrected chi connectivity index (χ1v) is 5.26. The fraction of sp³-hybridized carbons (Fsp3) is 0.500. The number of nitrogen functional groups attached to an aromatic ring is 1. The fourth-order valence-corrected chi connectivity index (χ4v) is 1.61. The Labute approximate surface area is 99.4 Å². The van der Waals surface area contributed by atoms with Crippen LogP contribution in [0.5, 0.6) is 0 Å². The van der Waals surface area contributed by atoms with E-state index in [1.54, 1.807) is 0 Å². The van der Waals surface area contributed by atoms with E-state index in [4.69, 9.17) is 10.8 Å². The maximum Gasteiger partial charge on any atom is 0.255 e. The molecule has 0 amide bonds. The maximum absolute atomic E-state index is 12.3. The lowest BCUT2D eigenvalue weighted by Crippen LogP contribution is -2.32. The molecular weight excluding hydrogens is 286 g/mol. The van der Waals surface area contributed by atoms with Crippen LogP contribution in [0.3, 0.4) is 0 Å². The second-order valence-electron chi connectivity index (χ2n) is 2.96. The van der Waals surface area contributed by atoms with Gasteiger partial charge in [0.15, 0.2) is 0 Å². The van der Waals surface area contributed by atoms with Gasteiger partial charge in [0.25, 0.3) is 6.43 Å². The Hall–Kier alpha value is -1.02. The van der Waals surface area contributed by atoms with E-state index in [0.29, 0.717) is 4.47 Å². The lowest BCUT2D eigenvalue weighted by molar-refractivity contribution is 0.152. The summed E-state index contributed by atoms with van der Waals surface area (Å²) in [6.45, 7) is -0.710. The predicted octanol–water partition coefficient (Wildman–Crippen LogP) is 0.885. The van der Waals surface area contributed by atoms with E-state index in [9.17, 15) is 8.78 Å². The van der Waals surface area contributed by atoms with Crippen LogP contribution in [0.25, 0.3) is 0 Å². The van der Waals surface area contributed by atoms with Gasteiger partial charge in [-0.1, -0.05) is 0 Å². The summed E-state index contributed by atoms with van der Waals surface area (Å²) in [5.41, 5.74) is 5.37. The van der Waals surface area contributed by atoms with Gasteiger partial charge in [0.2, 0.25) is 5.95 Å². The SMILES string of the molecule is Nc1ncc(Br)c(N(CCO)CC(F)F)n1. The van der Waals surface area contributed by atoms with Gasteiger partial charge in [0.1, 0.15) is 5.82 Å². The highest BCUT2D eigenvalue weighted by molar-refractivity contribution is 9.10. The monoisotopic (exact) mass is 296 g/mol. The molecule has 1 heterocycles. The smallest absolute Gasteiger partial charge is 0.255 e. The molecule has 0 unspecified atom stereocenters. The maximum atomic E-state index is 12.3. The highest BCUT2D eigenvalue weighted by Crippen LogP contribution is 2.23. The molecule has 0 atom stereocenters. The van der Waals surface area contributed by atoms with Crippen LogP contribution in [0.1, 0.15) is 0 Å². The van der Waals surface area contributed by atoms with E-state index in [1.807, 2.05) is 0 Å². The summed E-state index contributed by atoms with van der Waals surface area (Å²) in [7, 11) is 0. The number of halogens is 3. The quantitative estimate of drug-likeness (QED) is 0.844. The molecule has 0 saturated heterocycles. The molecule has 0 fully saturated rings. The Bertz CT molecular complexity index is 353. The third-order valence-electron chi connectivity index (χ3n) is 1.77. The van der Waals surface area contributed by atoms with Crippen LogP contribution >= 0.6 is 15.9 Å². The molecule has 5 nitrogen and oxygen atoms in total. The van der Waals surface area contributed by atoms with E-state index >= 15 is 0 Å². The standard InChI is InChI=1S/C8H11BrF2N4O/c9-5-3-13-8(12)14-7(5)15(1-2-16)4-6(10)11/h3,6,16H,1-2,4H2,(H2,12,13,14). The Morgan fingerprint density at radius 2 is 2.25 bits per heavy atom. The van der Waals surface area contributed by atoms with E-state index < -0.39 is 13.0 Å². The van der Waals surface area contributed by atoms with Crippen molar-refractivity contribution in [3.8, 4) is 0 Å². The minimum atomic E-state index is -2.52. The summed E-state index contributed by atoms with van der Waals surface area (Å²) in [6, 6.07) is 0. The number of hydrogen-bond acceptors (Lipinski definition) is 5. The van der Waals surface area contributed by atoms with Crippen LogP contribution < -0.4 is 10.6 Å². The number of aromatic nitrogens is 2. The van der Waals surface area contributed by atoms with E-state index in [1.165, 1.54) is 11.1 Å². The summed E-state index contributed by atoms with van der Waals surface area (Å²) in [6.07, 6.45) is -1.14. The number of anilines is 2. The Morgan fingerprint density at radius 1 is 1.56 bits per heavy atom. The van der Waals surface area contributed by atoms with Gasteiger partial charge in [-0.05, 0) is 15.9 Å². The molecule has 1 aromatic heterocycles. The molecule has 0 bridgehead atoms. The molecule has 1 rings (SSSR count). The van der Waals surface area contributed by atoms with Gasteiger partial charge in [-0.2, -0.15) is 4.98 Å². The molecule has 90 valence electrons. The summed E-state index contributed by atoms with van der Waals surface area (Å²) in [5.74, 6) is 0.247. The van der Waals surface area contributed by atoms with Crippen LogP contribution in [-0.2, 0) is 0 Å². The highest BCUT2D eigenvalue weighted by Gasteiger charge is 2.16.